The number of benzene rings is 1. The second-order valence-corrected chi connectivity index (χ2v) is 4.05. The van der Waals surface area contributed by atoms with Crippen LogP contribution < -0.4 is 4.74 Å². The smallest absolute Gasteiger partial charge is 0.228 e. The molecule has 0 spiro atoms. The van der Waals surface area contributed by atoms with Crippen LogP contribution in [-0.2, 0) is 6.54 Å². The number of aryl methyl sites for hydroxylation is 2. The molecule has 94 valence electrons. The zero-order valence-electron chi connectivity index (χ0n) is 10.8. The van der Waals surface area contributed by atoms with E-state index in [1.54, 1.807) is 19.4 Å². The molecule has 1 aromatic carbocycles. The third-order valence-corrected chi connectivity index (χ3v) is 2.92. The highest BCUT2D eigenvalue weighted by molar-refractivity contribution is 6.06. The number of carbonyl (C=O) groups is 1. The highest BCUT2D eigenvalue weighted by Gasteiger charge is 2.15. The van der Waals surface area contributed by atoms with Gasteiger partial charge in [-0.2, -0.15) is 0 Å². The molecule has 2 aromatic rings. The van der Waals surface area contributed by atoms with Crippen molar-refractivity contribution in [1.82, 2.24) is 9.55 Å². The van der Waals surface area contributed by atoms with Crippen molar-refractivity contribution in [2.24, 2.45) is 0 Å². The number of nitrogens with zero attached hydrogens (tertiary/aromatic N) is 2. The van der Waals surface area contributed by atoms with Crippen LogP contribution in [0.25, 0.3) is 0 Å². The van der Waals surface area contributed by atoms with Gasteiger partial charge < -0.3 is 9.30 Å². The number of hydrogen-bond donors (Lipinski definition) is 0. The van der Waals surface area contributed by atoms with Crippen molar-refractivity contribution in [2.75, 3.05) is 7.11 Å². The summed E-state index contributed by atoms with van der Waals surface area (Å²) in [5, 5.41) is 0. The van der Waals surface area contributed by atoms with Crippen LogP contribution in [0.15, 0.2) is 30.6 Å². The topological polar surface area (TPSA) is 44.1 Å². The fourth-order valence-electron chi connectivity index (χ4n) is 1.92. The van der Waals surface area contributed by atoms with Gasteiger partial charge in [-0.1, -0.05) is 0 Å². The summed E-state index contributed by atoms with van der Waals surface area (Å²) in [4.78, 5) is 16.4. The summed E-state index contributed by atoms with van der Waals surface area (Å²) >= 11 is 0. The molecule has 1 aromatic heterocycles. The molecule has 0 N–H and O–H groups in total. The fourth-order valence-corrected chi connectivity index (χ4v) is 1.92. The second-order valence-electron chi connectivity index (χ2n) is 4.05. The Bertz CT molecular complexity index is 573. The molecule has 0 aliphatic carbocycles. The zero-order valence-corrected chi connectivity index (χ0v) is 10.8. The summed E-state index contributed by atoms with van der Waals surface area (Å²) in [6.07, 6.45) is 3.46. The zero-order chi connectivity index (χ0) is 13.1. The largest absolute Gasteiger partial charge is 0.496 e. The van der Waals surface area contributed by atoms with Gasteiger partial charge in [-0.25, -0.2) is 4.98 Å². The van der Waals surface area contributed by atoms with Crippen LogP contribution in [0.3, 0.4) is 0 Å². The number of methoxy groups -OCH3 is 1. The minimum Gasteiger partial charge on any atom is -0.496 e. The fraction of sp³-hybridized carbons (Fsp3) is 0.286. The first kappa shape index (κ1) is 12.4. The molecule has 4 nitrogen and oxygen atoms in total. The van der Waals surface area contributed by atoms with Crippen molar-refractivity contribution >= 4 is 5.78 Å². The molecule has 0 saturated heterocycles. The van der Waals surface area contributed by atoms with Gasteiger partial charge in [0.25, 0.3) is 0 Å². The molecule has 0 unspecified atom stereocenters. The minimum absolute atomic E-state index is 0.0624. The Hall–Kier alpha value is -2.10. The molecule has 1 heterocycles. The standard InChI is InChI=1S/C14H16N2O2/c1-4-16-8-7-15-14(16)13(17)11-5-6-12(18-3)10(2)9-11/h5-9H,4H2,1-3H3. The SMILES string of the molecule is CCn1ccnc1C(=O)c1ccc(OC)c(C)c1. The van der Waals surface area contributed by atoms with Crippen LogP contribution in [0, 0.1) is 6.92 Å². The van der Waals surface area contributed by atoms with Crippen LogP contribution in [0.2, 0.25) is 0 Å². The predicted octanol–water partition coefficient (Wildman–Crippen LogP) is 2.45. The van der Waals surface area contributed by atoms with E-state index in [1.165, 1.54) is 0 Å². The van der Waals surface area contributed by atoms with E-state index < -0.39 is 0 Å². The van der Waals surface area contributed by atoms with E-state index in [0.29, 0.717) is 11.4 Å². The number of ether oxygens (including phenoxy) is 1. The Balaban J connectivity index is 2.37. The van der Waals surface area contributed by atoms with Gasteiger partial charge in [0.2, 0.25) is 5.78 Å². The summed E-state index contributed by atoms with van der Waals surface area (Å²) in [6.45, 7) is 4.63. The first-order chi connectivity index (χ1) is 8.67. The lowest BCUT2D eigenvalue weighted by molar-refractivity contribution is 0.102. The molecular weight excluding hydrogens is 228 g/mol. The number of rotatable bonds is 4. The van der Waals surface area contributed by atoms with E-state index in [-0.39, 0.29) is 5.78 Å². The summed E-state index contributed by atoms with van der Waals surface area (Å²) in [5.74, 6) is 1.19. The van der Waals surface area contributed by atoms with Crippen molar-refractivity contribution in [2.45, 2.75) is 20.4 Å². The van der Waals surface area contributed by atoms with Gasteiger partial charge in [0.1, 0.15) is 5.75 Å². The van der Waals surface area contributed by atoms with E-state index in [1.807, 2.05) is 36.7 Å². The highest BCUT2D eigenvalue weighted by Crippen LogP contribution is 2.20. The summed E-state index contributed by atoms with van der Waals surface area (Å²) in [7, 11) is 1.62. The predicted molar refractivity (Wildman–Crippen MR) is 69.1 cm³/mol. The summed E-state index contributed by atoms with van der Waals surface area (Å²) in [5.41, 5.74) is 1.58. The lowest BCUT2D eigenvalue weighted by atomic mass is 10.1. The van der Waals surface area contributed by atoms with Crippen LogP contribution in [-0.4, -0.2) is 22.4 Å². The second kappa shape index (κ2) is 5.04. The Morgan fingerprint density at radius 3 is 2.83 bits per heavy atom. The quantitative estimate of drug-likeness (QED) is 0.776. The molecule has 18 heavy (non-hydrogen) atoms. The number of imidazole rings is 1. The average Bonchev–Trinajstić information content (AvgIpc) is 2.86. The van der Waals surface area contributed by atoms with Crippen molar-refractivity contribution in [3.05, 3.63) is 47.5 Å². The molecule has 0 aliphatic rings. The third kappa shape index (κ3) is 2.14. The van der Waals surface area contributed by atoms with E-state index >= 15 is 0 Å². The lowest BCUT2D eigenvalue weighted by Gasteiger charge is -2.07. The third-order valence-electron chi connectivity index (χ3n) is 2.92. The Morgan fingerprint density at radius 2 is 2.22 bits per heavy atom. The van der Waals surface area contributed by atoms with Crippen LogP contribution in [0.4, 0.5) is 0 Å². The normalized spacial score (nSPS) is 10.4. The maximum Gasteiger partial charge on any atom is 0.228 e. The molecular formula is C14H16N2O2. The van der Waals surface area contributed by atoms with Crippen LogP contribution in [0.5, 0.6) is 5.75 Å². The highest BCUT2D eigenvalue weighted by atomic mass is 16.5. The van der Waals surface area contributed by atoms with E-state index in [0.717, 1.165) is 17.9 Å². The van der Waals surface area contributed by atoms with Crippen molar-refractivity contribution in [1.29, 1.82) is 0 Å². The monoisotopic (exact) mass is 244 g/mol. The van der Waals surface area contributed by atoms with Gasteiger partial charge in [0.15, 0.2) is 5.82 Å². The van der Waals surface area contributed by atoms with Crippen molar-refractivity contribution in [3.63, 3.8) is 0 Å². The Kier molecular flexibility index (Phi) is 3.46. The minimum atomic E-state index is -0.0624. The molecule has 0 radical (unpaired) electrons. The van der Waals surface area contributed by atoms with Crippen molar-refractivity contribution in [3.8, 4) is 5.75 Å². The first-order valence-corrected chi connectivity index (χ1v) is 5.87. The van der Waals surface area contributed by atoms with Gasteiger partial charge in [0.05, 0.1) is 7.11 Å². The number of carbonyl (C=O) groups excluding carboxylic acids is 1. The maximum absolute atomic E-state index is 12.3. The number of aromatic nitrogens is 2. The van der Waals surface area contributed by atoms with Crippen molar-refractivity contribution < 1.29 is 9.53 Å². The van der Waals surface area contributed by atoms with E-state index in [2.05, 4.69) is 4.98 Å². The molecule has 4 heteroatoms. The van der Waals surface area contributed by atoms with Crippen LogP contribution in [0.1, 0.15) is 28.7 Å². The van der Waals surface area contributed by atoms with Gasteiger partial charge in [-0.05, 0) is 37.6 Å². The molecule has 0 aliphatic heterocycles. The van der Waals surface area contributed by atoms with Gasteiger partial charge >= 0.3 is 0 Å². The Morgan fingerprint density at radius 1 is 1.44 bits per heavy atom. The summed E-state index contributed by atoms with van der Waals surface area (Å²) in [6, 6.07) is 5.40. The van der Waals surface area contributed by atoms with Gasteiger partial charge in [0, 0.05) is 24.5 Å². The molecule has 0 bridgehead atoms. The first-order valence-electron chi connectivity index (χ1n) is 5.87. The lowest BCUT2D eigenvalue weighted by Crippen LogP contribution is -2.10. The maximum atomic E-state index is 12.3. The summed E-state index contributed by atoms with van der Waals surface area (Å²) < 4.78 is 7.02. The Labute approximate surface area is 106 Å². The molecule has 0 fully saturated rings. The number of hydrogen-bond acceptors (Lipinski definition) is 3. The molecule has 2 rings (SSSR count). The molecule has 0 saturated carbocycles. The van der Waals surface area contributed by atoms with Gasteiger partial charge in [-0.3, -0.25) is 4.79 Å². The van der Waals surface area contributed by atoms with E-state index in [9.17, 15) is 4.79 Å². The molecule has 0 amide bonds. The van der Waals surface area contributed by atoms with Crippen LogP contribution >= 0.6 is 0 Å². The van der Waals surface area contributed by atoms with E-state index in [4.69, 9.17) is 4.74 Å². The average molecular weight is 244 g/mol. The number of ketones is 1. The molecule has 0 atom stereocenters. The van der Waals surface area contributed by atoms with Gasteiger partial charge in [-0.15, -0.1) is 0 Å².